The zero-order valence-corrected chi connectivity index (χ0v) is 16.2. The number of esters is 1. The molecule has 0 spiro atoms. The summed E-state index contributed by atoms with van der Waals surface area (Å²) >= 11 is 0. The number of halogens is 1. The van der Waals surface area contributed by atoms with Crippen LogP contribution in [0.1, 0.15) is 37.7 Å². The van der Waals surface area contributed by atoms with E-state index in [0.717, 1.165) is 49.7 Å². The van der Waals surface area contributed by atoms with Crippen LogP contribution in [0.5, 0.6) is 0 Å². The quantitative estimate of drug-likeness (QED) is 0.548. The number of carbonyl (C=O) groups excluding carboxylic acids is 1. The maximum absolute atomic E-state index is 12.9. The van der Waals surface area contributed by atoms with E-state index in [1.807, 2.05) is 30.3 Å². The average Bonchev–Trinajstić information content (AvgIpc) is 3.17. The van der Waals surface area contributed by atoms with Crippen LogP contribution in [0, 0.1) is 5.92 Å². The van der Waals surface area contributed by atoms with Gasteiger partial charge in [-0.15, -0.1) is 0 Å². The van der Waals surface area contributed by atoms with E-state index >= 15 is 0 Å². The lowest BCUT2D eigenvalue weighted by molar-refractivity contribution is -0.879. The van der Waals surface area contributed by atoms with Crippen molar-refractivity contribution in [2.75, 3.05) is 27.2 Å². The zero-order valence-electron chi connectivity index (χ0n) is 14.6. The van der Waals surface area contributed by atoms with Crippen LogP contribution in [-0.4, -0.2) is 48.8 Å². The number of aliphatic hydroxyl groups is 1. The number of ether oxygens (including phenoxy) is 1. The lowest BCUT2D eigenvalue weighted by Crippen LogP contribution is -3.00. The van der Waals surface area contributed by atoms with E-state index in [9.17, 15) is 9.90 Å². The lowest BCUT2D eigenvalue weighted by Gasteiger charge is -2.33. The van der Waals surface area contributed by atoms with Gasteiger partial charge >= 0.3 is 5.97 Å². The van der Waals surface area contributed by atoms with E-state index in [4.69, 9.17) is 4.74 Å². The van der Waals surface area contributed by atoms with Crippen molar-refractivity contribution in [3.63, 3.8) is 0 Å². The smallest absolute Gasteiger partial charge is 0.343 e. The van der Waals surface area contributed by atoms with E-state index in [0.29, 0.717) is 5.56 Å². The first-order valence-electron chi connectivity index (χ1n) is 8.73. The highest BCUT2D eigenvalue weighted by Crippen LogP contribution is 2.42. The molecule has 2 aliphatic rings. The lowest BCUT2D eigenvalue weighted by atomic mass is 9.80. The molecule has 1 aliphatic carbocycles. The molecule has 0 aromatic heterocycles. The van der Waals surface area contributed by atoms with Crippen molar-refractivity contribution in [2.45, 2.75) is 43.8 Å². The molecule has 1 aromatic rings. The standard InChI is InChI=1S/C19H28NO3.BrH/c1-20(2)13-12-17(14-20)23-18(21)19(22,16-10-6-7-11-16)15-8-4-3-5-9-15;/h3-5,8-9,16-17,22H,6-7,10-14H2,1-2H3;1H/q+1;/p-1/t17-,19+;/m0./s1. The number of hydrogen-bond acceptors (Lipinski definition) is 3. The summed E-state index contributed by atoms with van der Waals surface area (Å²) in [6.07, 6.45) is 4.68. The molecule has 4 nitrogen and oxygen atoms in total. The van der Waals surface area contributed by atoms with Crippen molar-refractivity contribution in [1.82, 2.24) is 0 Å². The van der Waals surface area contributed by atoms with Crippen molar-refractivity contribution in [3.8, 4) is 0 Å². The van der Waals surface area contributed by atoms with Gasteiger partial charge in [0.05, 0.1) is 20.6 Å². The average molecular weight is 398 g/mol. The van der Waals surface area contributed by atoms with Crippen LogP contribution in [0.4, 0.5) is 0 Å². The molecule has 0 unspecified atom stereocenters. The van der Waals surface area contributed by atoms with Crippen LogP contribution in [0.2, 0.25) is 0 Å². The van der Waals surface area contributed by atoms with Gasteiger partial charge in [0, 0.05) is 12.3 Å². The number of hydrogen-bond donors (Lipinski definition) is 1. The molecule has 2 fully saturated rings. The second-order valence-corrected chi connectivity index (χ2v) is 7.77. The van der Waals surface area contributed by atoms with E-state index < -0.39 is 11.6 Å². The van der Waals surface area contributed by atoms with E-state index in [1.165, 1.54) is 0 Å². The summed E-state index contributed by atoms with van der Waals surface area (Å²) in [7, 11) is 4.29. The predicted octanol–water partition coefficient (Wildman–Crippen LogP) is -0.540. The van der Waals surface area contributed by atoms with E-state index in [2.05, 4.69) is 14.1 Å². The van der Waals surface area contributed by atoms with E-state index in [-0.39, 0.29) is 29.0 Å². The summed E-state index contributed by atoms with van der Waals surface area (Å²) in [6, 6.07) is 9.33. The Labute approximate surface area is 155 Å². The first-order chi connectivity index (χ1) is 10.9. The molecule has 1 aromatic carbocycles. The normalized spacial score (nSPS) is 25.7. The number of nitrogens with zero attached hydrogens (tertiary/aromatic N) is 1. The molecule has 0 radical (unpaired) electrons. The number of quaternary nitrogens is 1. The Morgan fingerprint density at radius 1 is 1.17 bits per heavy atom. The molecule has 1 N–H and O–H groups in total. The van der Waals surface area contributed by atoms with Crippen LogP contribution in [0.15, 0.2) is 30.3 Å². The van der Waals surface area contributed by atoms with Crippen molar-refractivity contribution >= 4 is 5.97 Å². The van der Waals surface area contributed by atoms with Gasteiger partial charge in [-0.1, -0.05) is 43.2 Å². The summed E-state index contributed by atoms with van der Waals surface area (Å²) in [5, 5.41) is 11.4. The summed E-state index contributed by atoms with van der Waals surface area (Å²) < 4.78 is 6.64. The minimum atomic E-state index is -1.50. The third kappa shape index (κ3) is 3.84. The Kier molecular flexibility index (Phi) is 6.10. The third-order valence-corrected chi connectivity index (χ3v) is 5.50. The minimum absolute atomic E-state index is 0. The van der Waals surface area contributed by atoms with Crippen molar-refractivity contribution in [3.05, 3.63) is 35.9 Å². The number of likely N-dealkylation sites (tertiary alicyclic amines) is 1. The molecular weight excluding hydrogens is 370 g/mol. The highest BCUT2D eigenvalue weighted by molar-refractivity contribution is 5.81. The van der Waals surface area contributed by atoms with Crippen LogP contribution in [0.25, 0.3) is 0 Å². The summed E-state index contributed by atoms with van der Waals surface area (Å²) in [6.45, 7) is 1.83. The fourth-order valence-corrected chi connectivity index (χ4v) is 4.12. The fraction of sp³-hybridized carbons (Fsp3) is 0.632. The molecule has 134 valence electrons. The molecule has 1 saturated carbocycles. The van der Waals surface area contributed by atoms with E-state index in [1.54, 1.807) is 0 Å². The Morgan fingerprint density at radius 2 is 1.79 bits per heavy atom. The summed E-state index contributed by atoms with van der Waals surface area (Å²) in [5.74, 6) is -0.496. The number of benzene rings is 1. The molecule has 3 rings (SSSR count). The predicted molar refractivity (Wildman–Crippen MR) is 88.6 cm³/mol. The van der Waals surface area contributed by atoms with Gasteiger partial charge in [-0.3, -0.25) is 0 Å². The van der Waals surface area contributed by atoms with Crippen LogP contribution < -0.4 is 17.0 Å². The molecular formula is C19H28BrNO3. The Morgan fingerprint density at radius 3 is 2.33 bits per heavy atom. The monoisotopic (exact) mass is 397 g/mol. The van der Waals surface area contributed by atoms with Crippen molar-refractivity contribution < 1.29 is 36.1 Å². The van der Waals surface area contributed by atoms with Crippen molar-refractivity contribution in [2.24, 2.45) is 5.92 Å². The van der Waals surface area contributed by atoms with Gasteiger partial charge in [-0.2, -0.15) is 0 Å². The molecule has 24 heavy (non-hydrogen) atoms. The second kappa shape index (κ2) is 7.54. The number of carbonyl (C=O) groups is 1. The summed E-state index contributed by atoms with van der Waals surface area (Å²) in [5.41, 5.74) is -0.832. The van der Waals surface area contributed by atoms with Crippen LogP contribution in [0.3, 0.4) is 0 Å². The molecule has 1 heterocycles. The largest absolute Gasteiger partial charge is 1.00 e. The van der Waals surface area contributed by atoms with Gasteiger partial charge in [0.2, 0.25) is 0 Å². The fourth-order valence-electron chi connectivity index (χ4n) is 4.12. The molecule has 1 saturated heterocycles. The molecule has 5 heteroatoms. The van der Waals surface area contributed by atoms with Crippen LogP contribution in [-0.2, 0) is 15.1 Å². The summed E-state index contributed by atoms with van der Waals surface area (Å²) in [4.78, 5) is 12.9. The van der Waals surface area contributed by atoms with Gasteiger partial charge in [-0.25, -0.2) is 4.79 Å². The Balaban J connectivity index is 0.00000208. The second-order valence-electron chi connectivity index (χ2n) is 7.77. The molecule has 0 bridgehead atoms. The Hall–Kier alpha value is -0.910. The number of likely N-dealkylation sites (N-methyl/N-ethyl adjacent to an activating group) is 1. The van der Waals surface area contributed by atoms with Gasteiger partial charge in [0.15, 0.2) is 11.7 Å². The molecule has 1 aliphatic heterocycles. The van der Waals surface area contributed by atoms with Gasteiger partial charge < -0.3 is 31.3 Å². The zero-order chi connectivity index (χ0) is 16.5. The van der Waals surface area contributed by atoms with Gasteiger partial charge in [0.1, 0.15) is 6.54 Å². The number of rotatable bonds is 4. The van der Waals surface area contributed by atoms with Crippen LogP contribution >= 0.6 is 0 Å². The molecule has 0 amide bonds. The van der Waals surface area contributed by atoms with Gasteiger partial charge in [-0.05, 0) is 18.4 Å². The first-order valence-corrected chi connectivity index (χ1v) is 8.73. The third-order valence-electron chi connectivity index (χ3n) is 5.50. The SMILES string of the molecule is C[N+]1(C)CC[C@H](OC(=O)[C@@](O)(c2ccccc2)C2CCCC2)C1.[Br-]. The highest BCUT2D eigenvalue weighted by atomic mass is 79.9. The molecule has 2 atom stereocenters. The maximum atomic E-state index is 12.9. The first kappa shape index (κ1) is 19.4. The minimum Gasteiger partial charge on any atom is -1.00 e. The maximum Gasteiger partial charge on any atom is 0.343 e. The van der Waals surface area contributed by atoms with Crippen molar-refractivity contribution in [1.29, 1.82) is 0 Å². The highest BCUT2D eigenvalue weighted by Gasteiger charge is 2.49. The topological polar surface area (TPSA) is 46.5 Å². The van der Waals surface area contributed by atoms with Gasteiger partial charge in [0.25, 0.3) is 0 Å². The Bertz CT molecular complexity index is 557.